The first-order valence-electron chi connectivity index (χ1n) is 6.99. The summed E-state index contributed by atoms with van der Waals surface area (Å²) in [6.07, 6.45) is 3.78. The Morgan fingerprint density at radius 2 is 2.30 bits per heavy atom. The molecule has 20 heavy (non-hydrogen) atoms. The van der Waals surface area contributed by atoms with E-state index in [0.717, 1.165) is 19.3 Å². The fourth-order valence-corrected chi connectivity index (χ4v) is 2.68. The van der Waals surface area contributed by atoms with E-state index in [4.69, 9.17) is 9.63 Å². The molecule has 1 aromatic rings. The molecule has 2 rings (SSSR count). The van der Waals surface area contributed by atoms with Gasteiger partial charge in [0.1, 0.15) is 5.76 Å². The Labute approximate surface area is 117 Å². The summed E-state index contributed by atoms with van der Waals surface area (Å²) in [5.41, 5.74) is 0.634. The van der Waals surface area contributed by atoms with Crippen LogP contribution in [0, 0.1) is 6.92 Å². The maximum atomic E-state index is 12.3. The van der Waals surface area contributed by atoms with Crippen LogP contribution in [0.2, 0.25) is 0 Å². The number of hydrogen-bond donors (Lipinski definition) is 1. The number of carboxylic acid groups (broad SMARTS) is 1. The molecule has 0 spiro atoms. The van der Waals surface area contributed by atoms with Crippen molar-refractivity contribution in [2.75, 3.05) is 6.54 Å². The molecule has 0 unspecified atom stereocenters. The van der Waals surface area contributed by atoms with E-state index in [0.29, 0.717) is 24.4 Å². The second-order valence-electron chi connectivity index (χ2n) is 5.27. The zero-order chi connectivity index (χ0) is 14.5. The van der Waals surface area contributed by atoms with E-state index in [1.54, 1.807) is 13.0 Å². The van der Waals surface area contributed by atoms with Gasteiger partial charge in [0.2, 0.25) is 5.91 Å². The molecule has 1 aliphatic rings. The molecule has 0 aromatic carbocycles. The summed E-state index contributed by atoms with van der Waals surface area (Å²) in [5.74, 6) is -0.114. The van der Waals surface area contributed by atoms with E-state index >= 15 is 0 Å². The van der Waals surface area contributed by atoms with Crippen molar-refractivity contribution in [2.45, 2.75) is 51.5 Å². The molecule has 0 aliphatic carbocycles. The molecule has 1 saturated heterocycles. The quantitative estimate of drug-likeness (QED) is 0.888. The van der Waals surface area contributed by atoms with Crippen LogP contribution < -0.4 is 0 Å². The number of aryl methyl sites for hydroxylation is 1. The van der Waals surface area contributed by atoms with Gasteiger partial charge in [-0.15, -0.1) is 0 Å². The zero-order valence-electron chi connectivity index (χ0n) is 11.7. The van der Waals surface area contributed by atoms with Crippen molar-refractivity contribution < 1.29 is 19.2 Å². The van der Waals surface area contributed by atoms with Crippen LogP contribution in [0.15, 0.2) is 10.6 Å². The molecule has 0 bridgehead atoms. The van der Waals surface area contributed by atoms with Gasteiger partial charge < -0.3 is 14.5 Å². The van der Waals surface area contributed by atoms with E-state index in [-0.39, 0.29) is 24.8 Å². The van der Waals surface area contributed by atoms with Gasteiger partial charge >= 0.3 is 5.97 Å². The van der Waals surface area contributed by atoms with E-state index in [9.17, 15) is 9.59 Å². The molecule has 1 fully saturated rings. The minimum absolute atomic E-state index is 0.00777. The third-order valence-electron chi connectivity index (χ3n) is 3.65. The maximum absolute atomic E-state index is 12.3. The summed E-state index contributed by atoms with van der Waals surface area (Å²) in [5, 5.41) is 12.6. The van der Waals surface area contributed by atoms with Crippen molar-refractivity contribution in [1.82, 2.24) is 10.1 Å². The van der Waals surface area contributed by atoms with Crippen molar-refractivity contribution >= 4 is 11.9 Å². The third-order valence-corrected chi connectivity index (χ3v) is 3.65. The average Bonchev–Trinajstić information content (AvgIpc) is 2.82. The first kappa shape index (κ1) is 14.6. The first-order chi connectivity index (χ1) is 9.56. The minimum atomic E-state index is -0.810. The highest BCUT2D eigenvalue weighted by Crippen LogP contribution is 2.22. The third kappa shape index (κ3) is 3.82. The molecule has 6 nitrogen and oxygen atoms in total. The topological polar surface area (TPSA) is 83.6 Å². The molecule has 1 aromatic heterocycles. The van der Waals surface area contributed by atoms with Crippen LogP contribution in [0.3, 0.4) is 0 Å². The molecule has 1 N–H and O–H groups in total. The highest BCUT2D eigenvalue weighted by Gasteiger charge is 2.27. The van der Waals surface area contributed by atoms with Crippen molar-refractivity contribution in [3.05, 3.63) is 17.5 Å². The van der Waals surface area contributed by atoms with Gasteiger partial charge in [-0.3, -0.25) is 9.59 Å². The van der Waals surface area contributed by atoms with E-state index < -0.39 is 5.97 Å². The minimum Gasteiger partial charge on any atom is -0.481 e. The van der Waals surface area contributed by atoms with Gasteiger partial charge in [-0.2, -0.15) is 0 Å². The maximum Gasteiger partial charge on any atom is 0.303 e. The first-order valence-corrected chi connectivity index (χ1v) is 6.99. The Balaban J connectivity index is 1.95. The largest absolute Gasteiger partial charge is 0.481 e. The molecule has 6 heteroatoms. The molecule has 1 atom stereocenters. The van der Waals surface area contributed by atoms with Crippen molar-refractivity contribution in [1.29, 1.82) is 0 Å². The molecular weight excluding hydrogens is 260 g/mol. The van der Waals surface area contributed by atoms with E-state index in [1.165, 1.54) is 0 Å². The summed E-state index contributed by atoms with van der Waals surface area (Å²) < 4.78 is 4.96. The number of nitrogens with zero attached hydrogens (tertiary/aromatic N) is 2. The molecule has 0 saturated carbocycles. The fraction of sp³-hybridized carbons (Fsp3) is 0.643. The van der Waals surface area contributed by atoms with Crippen LogP contribution in [0.25, 0.3) is 0 Å². The number of rotatable bonds is 5. The van der Waals surface area contributed by atoms with Gasteiger partial charge in [0.25, 0.3) is 0 Å². The van der Waals surface area contributed by atoms with Crippen LogP contribution in [-0.4, -0.2) is 39.6 Å². The van der Waals surface area contributed by atoms with Gasteiger partial charge in [-0.25, -0.2) is 0 Å². The Morgan fingerprint density at radius 3 is 2.95 bits per heavy atom. The molecule has 1 aliphatic heterocycles. The molecule has 2 heterocycles. The predicted octanol–water partition coefficient (Wildman–Crippen LogP) is 1.77. The molecule has 1 amide bonds. The standard InChI is InChI=1S/C14H20N2O4/c1-10-8-11(15-20-10)9-13(17)16-7-3-2-4-12(16)5-6-14(18)19/h8,12H,2-7,9H2,1H3,(H,18,19)/t12-/m0/s1. The van der Waals surface area contributed by atoms with Gasteiger partial charge in [-0.05, 0) is 32.6 Å². The number of carboxylic acids is 1. The van der Waals surface area contributed by atoms with Crippen LogP contribution in [0.1, 0.15) is 43.6 Å². The summed E-state index contributed by atoms with van der Waals surface area (Å²) >= 11 is 0. The smallest absolute Gasteiger partial charge is 0.303 e. The van der Waals surface area contributed by atoms with Crippen LogP contribution >= 0.6 is 0 Å². The lowest BCUT2D eigenvalue weighted by Crippen LogP contribution is -2.44. The summed E-state index contributed by atoms with van der Waals surface area (Å²) in [7, 11) is 0. The average molecular weight is 280 g/mol. The number of amides is 1. The van der Waals surface area contributed by atoms with Gasteiger partial charge in [-0.1, -0.05) is 5.16 Å². The van der Waals surface area contributed by atoms with Gasteiger partial charge in [0.05, 0.1) is 12.1 Å². The van der Waals surface area contributed by atoms with Crippen molar-refractivity contribution in [2.24, 2.45) is 0 Å². The van der Waals surface area contributed by atoms with Gasteiger partial charge in [0.15, 0.2) is 0 Å². The SMILES string of the molecule is Cc1cc(CC(=O)N2CCCC[C@H]2CCC(=O)O)no1. The number of hydrogen-bond acceptors (Lipinski definition) is 4. The summed E-state index contributed by atoms with van der Waals surface area (Å²) in [6, 6.07) is 1.80. The fourth-order valence-electron chi connectivity index (χ4n) is 2.68. The van der Waals surface area contributed by atoms with Gasteiger partial charge in [0, 0.05) is 25.1 Å². The monoisotopic (exact) mass is 280 g/mol. The lowest BCUT2D eigenvalue weighted by atomic mass is 9.97. The second-order valence-corrected chi connectivity index (χ2v) is 5.27. The van der Waals surface area contributed by atoms with Crippen molar-refractivity contribution in [3.63, 3.8) is 0 Å². The number of aromatic nitrogens is 1. The lowest BCUT2D eigenvalue weighted by molar-refractivity contribution is -0.139. The van der Waals surface area contributed by atoms with Crippen molar-refractivity contribution in [3.8, 4) is 0 Å². The second kappa shape index (κ2) is 6.54. The predicted molar refractivity (Wildman–Crippen MR) is 71.2 cm³/mol. The Bertz CT molecular complexity index is 483. The summed E-state index contributed by atoms with van der Waals surface area (Å²) in [6.45, 7) is 2.50. The highest BCUT2D eigenvalue weighted by molar-refractivity contribution is 5.78. The van der Waals surface area contributed by atoms with Crippen LogP contribution in [0.4, 0.5) is 0 Å². The van der Waals surface area contributed by atoms with E-state index in [1.807, 2.05) is 4.90 Å². The number of carbonyl (C=O) groups excluding carboxylic acids is 1. The Kier molecular flexibility index (Phi) is 4.76. The number of likely N-dealkylation sites (tertiary alicyclic amines) is 1. The highest BCUT2D eigenvalue weighted by atomic mass is 16.5. The number of carbonyl (C=O) groups is 2. The number of aliphatic carboxylic acids is 1. The lowest BCUT2D eigenvalue weighted by Gasteiger charge is -2.35. The molecule has 110 valence electrons. The number of piperidine rings is 1. The summed E-state index contributed by atoms with van der Waals surface area (Å²) in [4.78, 5) is 24.8. The Morgan fingerprint density at radius 1 is 1.50 bits per heavy atom. The zero-order valence-corrected chi connectivity index (χ0v) is 11.7. The molecule has 0 radical (unpaired) electrons. The Hall–Kier alpha value is -1.85. The normalized spacial score (nSPS) is 19.1. The van der Waals surface area contributed by atoms with E-state index in [2.05, 4.69) is 5.16 Å². The van der Waals surface area contributed by atoms with Crippen LogP contribution in [-0.2, 0) is 16.0 Å². The van der Waals surface area contributed by atoms with Crippen LogP contribution in [0.5, 0.6) is 0 Å². The molecular formula is C14H20N2O4.